The standard InChI is InChI=1S/C18H20N2O3/c21-16(13-18(22)9-2-3-10-18)20-14-6-5-7-15(12-14)23-17-8-1-4-11-19-17/h1,4-8,11-12,22H,2-3,9-10,13H2,(H,20,21). The van der Waals surface area contributed by atoms with Crippen LogP contribution in [-0.2, 0) is 4.79 Å². The second kappa shape index (κ2) is 6.79. The predicted molar refractivity (Wildman–Crippen MR) is 87.4 cm³/mol. The van der Waals surface area contributed by atoms with E-state index in [0.717, 1.165) is 12.8 Å². The lowest BCUT2D eigenvalue weighted by Gasteiger charge is -2.21. The largest absolute Gasteiger partial charge is 0.439 e. The van der Waals surface area contributed by atoms with Crippen LogP contribution in [0.2, 0.25) is 0 Å². The molecule has 3 rings (SSSR count). The summed E-state index contributed by atoms with van der Waals surface area (Å²) < 4.78 is 5.64. The third-order valence-corrected chi connectivity index (χ3v) is 4.00. The van der Waals surface area contributed by atoms with Crippen molar-refractivity contribution in [1.82, 2.24) is 4.98 Å². The first kappa shape index (κ1) is 15.5. The van der Waals surface area contributed by atoms with Crippen LogP contribution < -0.4 is 10.1 Å². The lowest BCUT2D eigenvalue weighted by atomic mass is 9.97. The molecular formula is C18H20N2O3. The molecule has 0 atom stereocenters. The molecule has 2 aromatic rings. The van der Waals surface area contributed by atoms with Crippen molar-refractivity contribution < 1.29 is 14.6 Å². The van der Waals surface area contributed by atoms with Crippen molar-refractivity contribution in [2.75, 3.05) is 5.32 Å². The van der Waals surface area contributed by atoms with Gasteiger partial charge < -0.3 is 15.2 Å². The van der Waals surface area contributed by atoms with E-state index in [1.54, 1.807) is 36.5 Å². The van der Waals surface area contributed by atoms with Crippen LogP contribution in [0.4, 0.5) is 5.69 Å². The monoisotopic (exact) mass is 312 g/mol. The van der Waals surface area contributed by atoms with Gasteiger partial charge in [0.15, 0.2) is 0 Å². The Bertz CT molecular complexity index is 667. The SMILES string of the molecule is O=C(CC1(O)CCCC1)Nc1cccc(Oc2ccccn2)c1. The van der Waals surface area contributed by atoms with Crippen molar-refractivity contribution in [3.8, 4) is 11.6 Å². The van der Waals surface area contributed by atoms with E-state index in [1.165, 1.54) is 0 Å². The Morgan fingerprint density at radius 1 is 1.22 bits per heavy atom. The number of nitrogens with zero attached hydrogens (tertiary/aromatic N) is 1. The highest BCUT2D eigenvalue weighted by Crippen LogP contribution is 2.32. The Morgan fingerprint density at radius 3 is 2.78 bits per heavy atom. The molecule has 0 spiro atoms. The summed E-state index contributed by atoms with van der Waals surface area (Å²) in [5, 5.41) is 13.1. The molecule has 0 aliphatic heterocycles. The summed E-state index contributed by atoms with van der Waals surface area (Å²) in [5.74, 6) is 0.918. The molecule has 5 nitrogen and oxygen atoms in total. The number of anilines is 1. The van der Waals surface area contributed by atoms with Crippen LogP contribution in [0.25, 0.3) is 0 Å². The highest BCUT2D eigenvalue weighted by molar-refractivity contribution is 5.91. The van der Waals surface area contributed by atoms with Gasteiger partial charge >= 0.3 is 0 Å². The molecule has 1 aliphatic carbocycles. The fourth-order valence-corrected chi connectivity index (χ4v) is 2.88. The molecule has 1 heterocycles. The van der Waals surface area contributed by atoms with E-state index in [-0.39, 0.29) is 12.3 Å². The second-order valence-corrected chi connectivity index (χ2v) is 5.95. The fraction of sp³-hybridized carbons (Fsp3) is 0.333. The van der Waals surface area contributed by atoms with Crippen LogP contribution in [0.3, 0.4) is 0 Å². The molecule has 5 heteroatoms. The van der Waals surface area contributed by atoms with Crippen LogP contribution in [0.15, 0.2) is 48.7 Å². The summed E-state index contributed by atoms with van der Waals surface area (Å²) in [7, 11) is 0. The molecule has 0 unspecified atom stereocenters. The van der Waals surface area contributed by atoms with Gasteiger partial charge in [-0.1, -0.05) is 25.0 Å². The minimum Gasteiger partial charge on any atom is -0.439 e. The maximum atomic E-state index is 12.1. The van der Waals surface area contributed by atoms with Crippen molar-refractivity contribution in [3.63, 3.8) is 0 Å². The zero-order valence-corrected chi connectivity index (χ0v) is 12.9. The van der Waals surface area contributed by atoms with Crippen LogP contribution in [-0.4, -0.2) is 21.6 Å². The summed E-state index contributed by atoms with van der Waals surface area (Å²) in [6.45, 7) is 0. The van der Waals surface area contributed by atoms with Gasteiger partial charge in [-0.05, 0) is 31.0 Å². The van der Waals surface area contributed by atoms with Gasteiger partial charge in [0.1, 0.15) is 5.75 Å². The molecule has 1 aliphatic rings. The Kier molecular flexibility index (Phi) is 4.57. The number of carbonyl (C=O) groups is 1. The number of aromatic nitrogens is 1. The Morgan fingerprint density at radius 2 is 2.04 bits per heavy atom. The zero-order valence-electron chi connectivity index (χ0n) is 12.9. The van der Waals surface area contributed by atoms with E-state index in [2.05, 4.69) is 10.3 Å². The van der Waals surface area contributed by atoms with E-state index >= 15 is 0 Å². The average Bonchev–Trinajstić information content (AvgIpc) is 2.94. The van der Waals surface area contributed by atoms with Gasteiger partial charge in [-0.15, -0.1) is 0 Å². The molecule has 1 amide bonds. The molecular weight excluding hydrogens is 292 g/mol. The van der Waals surface area contributed by atoms with Crippen LogP contribution in [0.5, 0.6) is 11.6 Å². The first-order valence-electron chi connectivity index (χ1n) is 7.84. The van der Waals surface area contributed by atoms with Gasteiger partial charge in [-0.2, -0.15) is 0 Å². The molecule has 1 saturated carbocycles. The summed E-state index contributed by atoms with van der Waals surface area (Å²) in [6, 6.07) is 12.6. The van der Waals surface area contributed by atoms with Crippen molar-refractivity contribution >= 4 is 11.6 Å². The molecule has 1 aromatic carbocycles. The molecule has 23 heavy (non-hydrogen) atoms. The lowest BCUT2D eigenvalue weighted by Crippen LogP contribution is -2.30. The maximum Gasteiger partial charge on any atom is 0.227 e. The van der Waals surface area contributed by atoms with Gasteiger partial charge in [0, 0.05) is 24.0 Å². The van der Waals surface area contributed by atoms with Gasteiger partial charge in [-0.25, -0.2) is 4.98 Å². The lowest BCUT2D eigenvalue weighted by molar-refractivity contribution is -0.120. The van der Waals surface area contributed by atoms with Crippen molar-refractivity contribution in [3.05, 3.63) is 48.7 Å². The van der Waals surface area contributed by atoms with Crippen molar-refractivity contribution in [2.24, 2.45) is 0 Å². The third-order valence-electron chi connectivity index (χ3n) is 4.00. The number of pyridine rings is 1. The number of rotatable bonds is 5. The first-order chi connectivity index (χ1) is 11.1. The molecule has 2 N–H and O–H groups in total. The number of benzene rings is 1. The number of hydrogen-bond donors (Lipinski definition) is 2. The van der Waals surface area contributed by atoms with Gasteiger partial charge in [0.25, 0.3) is 0 Å². The molecule has 1 aromatic heterocycles. The van der Waals surface area contributed by atoms with Crippen LogP contribution in [0.1, 0.15) is 32.1 Å². The van der Waals surface area contributed by atoms with E-state index in [4.69, 9.17) is 4.74 Å². The van der Waals surface area contributed by atoms with E-state index < -0.39 is 5.60 Å². The Hall–Kier alpha value is -2.40. The number of nitrogens with one attached hydrogen (secondary N) is 1. The fourth-order valence-electron chi connectivity index (χ4n) is 2.88. The quantitative estimate of drug-likeness (QED) is 0.886. The number of amides is 1. The van der Waals surface area contributed by atoms with E-state index in [1.807, 2.05) is 12.1 Å². The minimum atomic E-state index is -0.841. The minimum absolute atomic E-state index is 0.137. The summed E-state index contributed by atoms with van der Waals surface area (Å²) in [6.07, 6.45) is 5.16. The highest BCUT2D eigenvalue weighted by atomic mass is 16.5. The number of ether oxygens (including phenoxy) is 1. The Balaban J connectivity index is 1.62. The number of hydrogen-bond acceptors (Lipinski definition) is 4. The Labute approximate surface area is 135 Å². The second-order valence-electron chi connectivity index (χ2n) is 5.95. The first-order valence-corrected chi connectivity index (χ1v) is 7.84. The van der Waals surface area contributed by atoms with Crippen LogP contribution in [0, 0.1) is 0 Å². The van der Waals surface area contributed by atoms with E-state index in [0.29, 0.717) is 30.2 Å². The smallest absolute Gasteiger partial charge is 0.227 e. The van der Waals surface area contributed by atoms with Gasteiger partial charge in [0.05, 0.1) is 12.0 Å². The molecule has 0 radical (unpaired) electrons. The van der Waals surface area contributed by atoms with Crippen molar-refractivity contribution in [1.29, 1.82) is 0 Å². The number of carbonyl (C=O) groups excluding carboxylic acids is 1. The maximum absolute atomic E-state index is 12.1. The topological polar surface area (TPSA) is 71.5 Å². The van der Waals surface area contributed by atoms with Gasteiger partial charge in [-0.3, -0.25) is 4.79 Å². The molecule has 120 valence electrons. The highest BCUT2D eigenvalue weighted by Gasteiger charge is 2.33. The molecule has 0 bridgehead atoms. The van der Waals surface area contributed by atoms with Crippen LogP contribution >= 0.6 is 0 Å². The summed E-state index contributed by atoms with van der Waals surface area (Å²) in [5.41, 5.74) is -0.198. The van der Waals surface area contributed by atoms with Gasteiger partial charge in [0.2, 0.25) is 11.8 Å². The van der Waals surface area contributed by atoms with E-state index in [9.17, 15) is 9.90 Å². The summed E-state index contributed by atoms with van der Waals surface area (Å²) >= 11 is 0. The summed E-state index contributed by atoms with van der Waals surface area (Å²) in [4.78, 5) is 16.2. The average molecular weight is 312 g/mol. The van der Waals surface area contributed by atoms with Crippen molar-refractivity contribution in [2.45, 2.75) is 37.7 Å². The zero-order chi connectivity index (χ0) is 16.1. The number of aliphatic hydroxyl groups is 1. The third kappa shape index (κ3) is 4.29. The molecule has 1 fully saturated rings. The predicted octanol–water partition coefficient (Wildman–Crippen LogP) is 3.51. The molecule has 0 saturated heterocycles. The normalized spacial score (nSPS) is 16.0.